The summed E-state index contributed by atoms with van der Waals surface area (Å²) in [6, 6.07) is 20.5. The predicted octanol–water partition coefficient (Wildman–Crippen LogP) is 10.0. The van der Waals surface area contributed by atoms with Crippen LogP contribution in [0.5, 0.6) is 0 Å². The van der Waals surface area contributed by atoms with E-state index < -0.39 is 0 Å². The van der Waals surface area contributed by atoms with Crippen LogP contribution in [0.25, 0.3) is 16.7 Å². The molecule has 2 nitrogen and oxygen atoms in total. The van der Waals surface area contributed by atoms with Gasteiger partial charge in [-0.25, -0.2) is 0 Å². The van der Waals surface area contributed by atoms with Gasteiger partial charge in [-0.3, -0.25) is 0 Å². The minimum absolute atomic E-state index is 1.02. The van der Waals surface area contributed by atoms with Crippen LogP contribution in [0.4, 0.5) is 11.4 Å². The fraction of sp³-hybridized carbons (Fsp3) is 0.250. The molecule has 1 aliphatic carbocycles. The van der Waals surface area contributed by atoms with Crippen LogP contribution in [0.3, 0.4) is 0 Å². The van der Waals surface area contributed by atoms with Crippen molar-refractivity contribution < 1.29 is 0 Å². The van der Waals surface area contributed by atoms with E-state index in [0.29, 0.717) is 0 Å². The van der Waals surface area contributed by atoms with E-state index in [2.05, 4.69) is 143 Å². The summed E-state index contributed by atoms with van der Waals surface area (Å²) in [5.74, 6) is 0. The number of aryl methyl sites for hydroxylation is 2. The zero-order valence-corrected chi connectivity index (χ0v) is 37.2. The van der Waals surface area contributed by atoms with Crippen molar-refractivity contribution in [2.75, 3.05) is 38.0 Å². The summed E-state index contributed by atoms with van der Waals surface area (Å²) in [5.41, 5.74) is 15.7. The van der Waals surface area contributed by atoms with Crippen molar-refractivity contribution in [3.63, 3.8) is 0 Å². The van der Waals surface area contributed by atoms with Crippen LogP contribution >= 0.6 is 24.4 Å². The summed E-state index contributed by atoms with van der Waals surface area (Å²) in [6.07, 6.45) is 17.6. The van der Waals surface area contributed by atoms with Crippen molar-refractivity contribution in [3.05, 3.63) is 132 Å². The topological polar surface area (TPSA) is 6.48 Å². The zero-order valence-electron chi connectivity index (χ0n) is 27.7. The van der Waals surface area contributed by atoms with E-state index in [-0.39, 0.29) is 0 Å². The van der Waals surface area contributed by atoms with Crippen molar-refractivity contribution in [2.45, 2.75) is 46.9 Å². The SMILES string of the molecule is Cc1cc(C)cc(C2=C(/C=C/C(=C/[CH2][Pb])c3ccc(N(C)C)cc3S)CCC/C2=C\C=C2/C=[C]([Pb])Sc3cc(N(C)C)ccc32)c1. The van der Waals surface area contributed by atoms with E-state index in [1.54, 1.807) is 0 Å². The van der Waals surface area contributed by atoms with Crippen LogP contribution in [-0.2, 0) is 0 Å². The van der Waals surface area contributed by atoms with Gasteiger partial charge in [0.05, 0.1) is 0 Å². The third kappa shape index (κ3) is 8.63. The molecule has 0 N–H and O–H groups in total. The Labute approximate surface area is 318 Å². The molecule has 0 amide bonds. The molecule has 0 saturated heterocycles. The third-order valence-electron chi connectivity index (χ3n) is 8.40. The monoisotopic (exact) mass is 1030 g/mol. The summed E-state index contributed by atoms with van der Waals surface area (Å²) < 4.78 is 2.57. The molecule has 0 spiro atoms. The van der Waals surface area contributed by atoms with E-state index in [4.69, 9.17) is 12.6 Å². The molecule has 0 atom stereocenters. The fourth-order valence-electron chi connectivity index (χ4n) is 6.17. The first kappa shape index (κ1) is 35.5. The number of anilines is 2. The van der Waals surface area contributed by atoms with Crippen molar-refractivity contribution in [1.29, 1.82) is 0 Å². The molecule has 6 radical (unpaired) electrons. The van der Waals surface area contributed by atoms with Crippen LogP contribution in [-0.4, -0.2) is 79.7 Å². The molecule has 0 bridgehead atoms. The number of fused-ring (bicyclic) bond motifs is 1. The van der Waals surface area contributed by atoms with Gasteiger partial charge in [0, 0.05) is 0 Å². The van der Waals surface area contributed by atoms with E-state index in [0.717, 1.165) is 79.7 Å². The van der Waals surface area contributed by atoms with Gasteiger partial charge < -0.3 is 0 Å². The molecule has 0 unspecified atom stereocenters. The van der Waals surface area contributed by atoms with Crippen LogP contribution in [0, 0.1) is 13.8 Å². The van der Waals surface area contributed by atoms with Gasteiger partial charge in [-0.1, -0.05) is 0 Å². The Kier molecular flexibility index (Phi) is 12.4. The predicted molar refractivity (Wildman–Crippen MR) is 209 cm³/mol. The molecule has 6 heteroatoms. The number of hydrogen-bond donors (Lipinski definition) is 1. The number of hydrogen-bond acceptors (Lipinski definition) is 4. The van der Waals surface area contributed by atoms with Gasteiger partial charge >= 0.3 is 321 Å². The van der Waals surface area contributed by atoms with Crippen LogP contribution in [0.1, 0.15) is 47.1 Å². The Morgan fingerprint density at radius 2 is 1.59 bits per heavy atom. The number of thiol groups is 1. The normalized spacial score (nSPS) is 17.2. The van der Waals surface area contributed by atoms with Crippen LogP contribution in [0.2, 0.25) is 3.98 Å². The quantitative estimate of drug-likeness (QED) is 0.137. The van der Waals surface area contributed by atoms with Crippen LogP contribution < -0.4 is 9.80 Å². The molecule has 3 aromatic carbocycles. The first-order valence-electron chi connectivity index (χ1n) is 15.7. The molecular weight excluding hydrogens is 987 g/mol. The Bertz CT molecular complexity index is 1800. The average molecular weight is 1030 g/mol. The molecule has 1 heterocycles. The molecule has 0 aromatic heterocycles. The maximum atomic E-state index is 4.92. The van der Waals surface area contributed by atoms with Gasteiger partial charge in [-0.15, -0.1) is 0 Å². The van der Waals surface area contributed by atoms with Gasteiger partial charge in [-0.2, -0.15) is 0 Å². The molecular formula is C40H42N2Pb2S2. The molecule has 0 fully saturated rings. The van der Waals surface area contributed by atoms with Gasteiger partial charge in [-0.05, 0) is 0 Å². The van der Waals surface area contributed by atoms with Crippen molar-refractivity contribution in [3.8, 4) is 0 Å². The number of nitrogens with zero attached hydrogens (tertiary/aromatic N) is 2. The fourth-order valence-corrected chi connectivity index (χ4v) is 10.1. The standard InChI is InChI=1S/C40H42N2S2.2Pb/c1-8-29(36-18-16-34(41(4)5)25-38(36)43)12-14-31-10-9-11-32(40(31)33-23-27(2)22-28(3)24-33)15-13-30-20-21-44-39-26-35(42(6)7)17-19-37(30)39;;/h8,12-20,22-26,43H,1,9-11H2,2-7H3;;/b14-12+,29-8-,30-13+,32-15+;;. The van der Waals surface area contributed by atoms with Gasteiger partial charge in [0.15, 0.2) is 0 Å². The Morgan fingerprint density at radius 3 is 2.26 bits per heavy atom. The second kappa shape index (κ2) is 16.1. The Morgan fingerprint density at radius 1 is 0.891 bits per heavy atom. The van der Waals surface area contributed by atoms with Gasteiger partial charge in [0.2, 0.25) is 0 Å². The first-order valence-corrected chi connectivity index (χ1v) is 21.7. The minimum atomic E-state index is 1.02. The zero-order chi connectivity index (χ0) is 33.0. The van der Waals surface area contributed by atoms with E-state index in [1.165, 1.54) is 74.4 Å². The second-order valence-corrected chi connectivity index (χ2v) is 19.1. The molecule has 3 aromatic rings. The van der Waals surface area contributed by atoms with Crippen molar-refractivity contribution in [2.24, 2.45) is 0 Å². The van der Waals surface area contributed by atoms with Gasteiger partial charge in [0.25, 0.3) is 0 Å². The third-order valence-corrected chi connectivity index (χ3v) is 12.2. The van der Waals surface area contributed by atoms with E-state index in [9.17, 15) is 0 Å². The van der Waals surface area contributed by atoms with Crippen molar-refractivity contribution in [1.82, 2.24) is 0 Å². The van der Waals surface area contributed by atoms with E-state index in [1.807, 2.05) is 11.8 Å². The summed E-state index contributed by atoms with van der Waals surface area (Å²) in [7, 11) is 8.39. The molecule has 232 valence electrons. The number of allylic oxidation sites excluding steroid dienone is 11. The molecule has 5 rings (SSSR count). The average Bonchev–Trinajstić information content (AvgIpc) is 3.01. The second-order valence-electron chi connectivity index (χ2n) is 12.4. The van der Waals surface area contributed by atoms with Gasteiger partial charge in [0.1, 0.15) is 0 Å². The number of rotatable bonds is 8. The van der Waals surface area contributed by atoms with Crippen molar-refractivity contribution >= 4 is 104 Å². The van der Waals surface area contributed by atoms with Crippen LogP contribution in [0.15, 0.2) is 114 Å². The summed E-state index contributed by atoms with van der Waals surface area (Å²) >= 11 is 9.03. The summed E-state index contributed by atoms with van der Waals surface area (Å²) in [4.78, 5) is 6.70. The Balaban J connectivity index is 1.61. The molecule has 46 heavy (non-hydrogen) atoms. The maximum absolute atomic E-state index is 4.92. The Hall–Kier alpha value is -1.76. The van der Waals surface area contributed by atoms with E-state index >= 15 is 0 Å². The first-order chi connectivity index (χ1) is 22.0. The molecule has 2 aliphatic rings. The summed E-state index contributed by atoms with van der Waals surface area (Å²) in [5, 5.41) is 0. The molecule has 1 aliphatic heterocycles. The number of benzene rings is 3. The summed E-state index contributed by atoms with van der Waals surface area (Å²) in [6.45, 7) is 4.43. The molecule has 0 saturated carbocycles. The number of thioether (sulfide) groups is 1.